The molecule has 6 nitrogen and oxygen atoms in total. The van der Waals surface area contributed by atoms with Crippen LogP contribution in [0.3, 0.4) is 0 Å². The van der Waals surface area contributed by atoms with E-state index in [1.807, 2.05) is 35.0 Å². The van der Waals surface area contributed by atoms with Gasteiger partial charge in [0.2, 0.25) is 0 Å². The van der Waals surface area contributed by atoms with Crippen LogP contribution in [0.2, 0.25) is 0 Å². The molecule has 0 amide bonds. The minimum absolute atomic E-state index is 0.0637. The van der Waals surface area contributed by atoms with E-state index in [0.29, 0.717) is 10.9 Å². The van der Waals surface area contributed by atoms with Crippen molar-refractivity contribution in [2.45, 2.75) is 12.6 Å². The molecule has 0 radical (unpaired) electrons. The quantitative estimate of drug-likeness (QED) is 0.481. The number of nitrogens with zero attached hydrogens (tertiary/aromatic N) is 3. The lowest BCUT2D eigenvalue weighted by atomic mass is 10.0. The van der Waals surface area contributed by atoms with E-state index in [4.69, 9.17) is 0 Å². The highest BCUT2D eigenvalue weighted by Crippen LogP contribution is 2.29. The van der Waals surface area contributed by atoms with Gasteiger partial charge < -0.3 is 19.1 Å². The first-order valence-electron chi connectivity index (χ1n) is 9.27. The number of imidazole rings is 1. The lowest BCUT2D eigenvalue weighted by Crippen LogP contribution is -2.20. The van der Waals surface area contributed by atoms with Gasteiger partial charge in [0.15, 0.2) is 0 Å². The van der Waals surface area contributed by atoms with Gasteiger partial charge >= 0.3 is 0 Å². The normalized spacial score (nSPS) is 12.6. The largest absolute Gasteiger partial charge is 0.383 e. The molecule has 5 aromatic rings. The highest BCUT2D eigenvalue weighted by Gasteiger charge is 2.20. The third-order valence-corrected chi connectivity index (χ3v) is 5.15. The lowest BCUT2D eigenvalue weighted by Gasteiger charge is -2.11. The molecule has 4 heterocycles. The minimum Gasteiger partial charge on any atom is -0.383 e. The van der Waals surface area contributed by atoms with Crippen LogP contribution in [0.15, 0.2) is 72.0 Å². The number of pyridine rings is 2. The molecule has 2 N–H and O–H groups in total. The molecule has 5 rings (SSSR count). The highest BCUT2D eigenvalue weighted by atomic mass is 19.1. The third kappa shape index (κ3) is 2.98. The van der Waals surface area contributed by atoms with Crippen molar-refractivity contribution in [1.82, 2.24) is 18.9 Å². The molecule has 0 saturated carbocycles. The molecule has 0 spiro atoms. The SMILES string of the molecule is O=c1c2[nH]cc(C(O)c3ccc(F)cc3F)c2ccn1Cc1cn2ccccc2n1. The monoisotopic (exact) mass is 406 g/mol. The van der Waals surface area contributed by atoms with Crippen molar-refractivity contribution in [3.05, 3.63) is 106 Å². The molecule has 0 bridgehead atoms. The molecule has 0 aliphatic carbocycles. The van der Waals surface area contributed by atoms with Crippen LogP contribution >= 0.6 is 0 Å². The molecule has 4 aromatic heterocycles. The maximum Gasteiger partial charge on any atom is 0.275 e. The second-order valence-electron chi connectivity index (χ2n) is 7.05. The summed E-state index contributed by atoms with van der Waals surface area (Å²) >= 11 is 0. The second-order valence-corrected chi connectivity index (χ2v) is 7.05. The summed E-state index contributed by atoms with van der Waals surface area (Å²) in [5, 5.41) is 11.1. The van der Waals surface area contributed by atoms with Crippen molar-refractivity contribution in [1.29, 1.82) is 0 Å². The van der Waals surface area contributed by atoms with E-state index in [0.717, 1.165) is 23.5 Å². The Hall–Kier alpha value is -3.78. The number of aromatic nitrogens is 4. The van der Waals surface area contributed by atoms with Crippen LogP contribution < -0.4 is 5.56 Å². The highest BCUT2D eigenvalue weighted by molar-refractivity contribution is 5.83. The van der Waals surface area contributed by atoms with Crippen LogP contribution in [0.5, 0.6) is 0 Å². The molecule has 1 unspecified atom stereocenters. The topological polar surface area (TPSA) is 75.3 Å². The molecule has 150 valence electrons. The van der Waals surface area contributed by atoms with Gasteiger partial charge in [0.25, 0.3) is 5.56 Å². The maximum absolute atomic E-state index is 14.1. The zero-order valence-corrected chi connectivity index (χ0v) is 15.6. The molecular weight excluding hydrogens is 390 g/mol. The van der Waals surface area contributed by atoms with E-state index >= 15 is 0 Å². The first-order valence-corrected chi connectivity index (χ1v) is 9.27. The van der Waals surface area contributed by atoms with E-state index < -0.39 is 17.7 Å². The summed E-state index contributed by atoms with van der Waals surface area (Å²) in [5.74, 6) is -1.57. The summed E-state index contributed by atoms with van der Waals surface area (Å²) in [5.41, 5.74) is 1.79. The second kappa shape index (κ2) is 6.93. The summed E-state index contributed by atoms with van der Waals surface area (Å²) in [7, 11) is 0. The Bertz CT molecular complexity index is 1420. The number of aromatic amines is 1. The van der Waals surface area contributed by atoms with Gasteiger partial charge in [-0.25, -0.2) is 13.8 Å². The van der Waals surface area contributed by atoms with E-state index in [9.17, 15) is 18.7 Å². The fraction of sp³-hybridized carbons (Fsp3) is 0.0909. The zero-order chi connectivity index (χ0) is 20.8. The Morgan fingerprint density at radius 3 is 2.77 bits per heavy atom. The Labute approximate surface area is 168 Å². The van der Waals surface area contributed by atoms with Gasteiger partial charge in [-0.1, -0.05) is 12.1 Å². The van der Waals surface area contributed by atoms with Crippen molar-refractivity contribution in [2.75, 3.05) is 0 Å². The molecule has 0 fully saturated rings. The van der Waals surface area contributed by atoms with Gasteiger partial charge in [0.1, 0.15) is 28.9 Å². The number of fused-ring (bicyclic) bond motifs is 2. The van der Waals surface area contributed by atoms with Crippen molar-refractivity contribution >= 4 is 16.6 Å². The van der Waals surface area contributed by atoms with E-state index in [1.165, 1.54) is 16.8 Å². The van der Waals surface area contributed by atoms with Gasteiger partial charge in [-0.05, 0) is 24.3 Å². The van der Waals surface area contributed by atoms with Gasteiger partial charge in [-0.3, -0.25) is 4.79 Å². The molecule has 30 heavy (non-hydrogen) atoms. The number of nitrogens with one attached hydrogen (secondary N) is 1. The number of rotatable bonds is 4. The summed E-state index contributed by atoms with van der Waals surface area (Å²) in [6.07, 6.45) is 5.47. The summed E-state index contributed by atoms with van der Waals surface area (Å²) in [6.45, 7) is 0.278. The molecule has 0 saturated heterocycles. The van der Waals surface area contributed by atoms with E-state index in [2.05, 4.69) is 9.97 Å². The van der Waals surface area contributed by atoms with Crippen LogP contribution in [0.1, 0.15) is 22.9 Å². The Balaban J connectivity index is 1.52. The van der Waals surface area contributed by atoms with Gasteiger partial charge in [-0.15, -0.1) is 0 Å². The average molecular weight is 406 g/mol. The number of hydrogen-bond donors (Lipinski definition) is 2. The van der Waals surface area contributed by atoms with Crippen molar-refractivity contribution in [2.24, 2.45) is 0 Å². The molecule has 0 aliphatic rings. The molecular formula is C22H16F2N4O2. The Morgan fingerprint density at radius 1 is 1.10 bits per heavy atom. The number of benzene rings is 1. The molecule has 1 atom stereocenters. The zero-order valence-electron chi connectivity index (χ0n) is 15.6. The predicted molar refractivity (Wildman–Crippen MR) is 107 cm³/mol. The first-order chi connectivity index (χ1) is 14.5. The fourth-order valence-electron chi connectivity index (χ4n) is 3.66. The number of H-pyrrole nitrogens is 1. The van der Waals surface area contributed by atoms with Crippen LogP contribution in [0.4, 0.5) is 8.78 Å². The van der Waals surface area contributed by atoms with Crippen LogP contribution in [0.25, 0.3) is 16.6 Å². The van der Waals surface area contributed by atoms with Crippen molar-refractivity contribution in [3.63, 3.8) is 0 Å². The van der Waals surface area contributed by atoms with E-state index in [-0.39, 0.29) is 23.2 Å². The third-order valence-electron chi connectivity index (χ3n) is 5.15. The number of hydrogen-bond acceptors (Lipinski definition) is 3. The number of aliphatic hydroxyl groups is 1. The van der Waals surface area contributed by atoms with Crippen LogP contribution in [-0.2, 0) is 6.54 Å². The lowest BCUT2D eigenvalue weighted by molar-refractivity contribution is 0.216. The molecule has 1 aromatic carbocycles. The van der Waals surface area contributed by atoms with Gasteiger partial charge in [-0.2, -0.15) is 0 Å². The minimum atomic E-state index is -1.34. The molecule has 8 heteroatoms. The first kappa shape index (κ1) is 18.3. The number of halogens is 2. The predicted octanol–water partition coefficient (Wildman–Crippen LogP) is 3.39. The molecule has 0 aliphatic heterocycles. The Kier molecular flexibility index (Phi) is 4.22. The number of aliphatic hydroxyl groups excluding tert-OH is 1. The Morgan fingerprint density at radius 2 is 1.97 bits per heavy atom. The van der Waals surface area contributed by atoms with Crippen molar-refractivity contribution < 1.29 is 13.9 Å². The van der Waals surface area contributed by atoms with E-state index in [1.54, 1.807) is 12.3 Å². The average Bonchev–Trinajstić information content (AvgIpc) is 3.33. The smallest absolute Gasteiger partial charge is 0.275 e. The van der Waals surface area contributed by atoms with Crippen LogP contribution in [0, 0.1) is 11.6 Å². The van der Waals surface area contributed by atoms with Crippen molar-refractivity contribution in [3.8, 4) is 0 Å². The summed E-state index contributed by atoms with van der Waals surface area (Å²) in [6, 6.07) is 10.3. The standard InChI is InChI=1S/C22H16F2N4O2/c23-13-4-5-16(18(24)9-13)21(29)17-10-25-20-15(17)6-8-28(22(20)30)12-14-11-27-7-2-1-3-19(27)26-14/h1-11,21,25,29H,12H2. The summed E-state index contributed by atoms with van der Waals surface area (Å²) in [4.78, 5) is 20.3. The maximum atomic E-state index is 14.1. The summed E-state index contributed by atoms with van der Waals surface area (Å²) < 4.78 is 30.6. The fourth-order valence-corrected chi connectivity index (χ4v) is 3.66. The van der Waals surface area contributed by atoms with Crippen LogP contribution in [-0.4, -0.2) is 24.0 Å². The van der Waals surface area contributed by atoms with Gasteiger partial charge in [0.05, 0.1) is 12.2 Å². The van der Waals surface area contributed by atoms with Gasteiger partial charge in [0, 0.05) is 47.4 Å².